The van der Waals surface area contributed by atoms with E-state index in [1.807, 2.05) is 27.7 Å². The van der Waals surface area contributed by atoms with Gasteiger partial charge in [-0.3, -0.25) is 14.4 Å². The van der Waals surface area contributed by atoms with E-state index in [9.17, 15) is 19.2 Å². The van der Waals surface area contributed by atoms with Crippen LogP contribution in [0.4, 0.5) is 0 Å². The summed E-state index contributed by atoms with van der Waals surface area (Å²) in [5.74, 6) is -2.00. The van der Waals surface area contributed by atoms with Crippen LogP contribution in [0, 0.1) is 0 Å². The first-order chi connectivity index (χ1) is 18.3. The van der Waals surface area contributed by atoms with Crippen LogP contribution in [0.1, 0.15) is 89.4 Å². The summed E-state index contributed by atoms with van der Waals surface area (Å²) < 4.78 is 34.1. The number of rotatable bonds is 15. The summed E-state index contributed by atoms with van der Waals surface area (Å²) in [6.45, 7) is 7.56. The second-order valence-corrected chi connectivity index (χ2v) is 8.99. The Morgan fingerprint density at radius 2 is 1.37 bits per heavy atom. The molecule has 1 aromatic carbocycles. The fourth-order valence-corrected chi connectivity index (χ4v) is 3.73. The molecule has 2 rings (SSSR count). The molecule has 1 heterocycles. The predicted molar refractivity (Wildman–Crippen MR) is 136 cm³/mol. The van der Waals surface area contributed by atoms with E-state index in [4.69, 9.17) is 28.4 Å². The number of hydrogen-bond acceptors (Lipinski definition) is 10. The van der Waals surface area contributed by atoms with Crippen molar-refractivity contribution in [1.82, 2.24) is 0 Å². The number of carbonyl (C=O) groups is 4. The lowest BCUT2D eigenvalue weighted by molar-refractivity contribution is -0.261. The minimum atomic E-state index is -1.26. The summed E-state index contributed by atoms with van der Waals surface area (Å²) in [6.07, 6.45) is -1.06. The standard InChI is InChI=1S/C28H40O10/c1-5-9-17-33-27(32)19-15-10-11-16-20(19)36-28-26(38-24(31)14-8-4)25(37-23(30)13-7-3)21(18-34-28)35-22(29)12-6-2/h10-11,15-16,21,25-26,28H,5-9,12-14,17-18H2,1-4H3/t21-,25+,26-,28-/m1/s1. The fourth-order valence-electron chi connectivity index (χ4n) is 3.73. The average Bonchev–Trinajstić information content (AvgIpc) is 2.88. The first-order valence-electron chi connectivity index (χ1n) is 13.5. The van der Waals surface area contributed by atoms with Crippen LogP contribution in [0.3, 0.4) is 0 Å². The Balaban J connectivity index is 2.37. The molecule has 0 N–H and O–H groups in total. The molecule has 0 unspecified atom stereocenters. The maximum absolute atomic E-state index is 12.7. The van der Waals surface area contributed by atoms with Gasteiger partial charge in [-0.2, -0.15) is 0 Å². The summed E-state index contributed by atoms with van der Waals surface area (Å²) in [4.78, 5) is 50.1. The molecule has 38 heavy (non-hydrogen) atoms. The highest BCUT2D eigenvalue weighted by atomic mass is 16.7. The lowest BCUT2D eigenvalue weighted by Crippen LogP contribution is -2.59. The van der Waals surface area contributed by atoms with Gasteiger partial charge < -0.3 is 28.4 Å². The second-order valence-electron chi connectivity index (χ2n) is 8.99. The number of ether oxygens (including phenoxy) is 6. The van der Waals surface area contributed by atoms with Gasteiger partial charge in [-0.1, -0.05) is 46.2 Å². The van der Waals surface area contributed by atoms with Crippen molar-refractivity contribution in [3.8, 4) is 5.75 Å². The van der Waals surface area contributed by atoms with E-state index in [-0.39, 0.29) is 43.8 Å². The first kappa shape index (κ1) is 31.1. The molecule has 0 spiro atoms. The molecule has 0 bridgehead atoms. The zero-order chi connectivity index (χ0) is 27.9. The summed E-state index contributed by atoms with van der Waals surface area (Å²) in [5.41, 5.74) is 0.168. The van der Waals surface area contributed by atoms with Crippen LogP contribution in [0.5, 0.6) is 5.75 Å². The van der Waals surface area contributed by atoms with Gasteiger partial charge >= 0.3 is 23.9 Å². The van der Waals surface area contributed by atoms with Gasteiger partial charge in [0.05, 0.1) is 13.2 Å². The van der Waals surface area contributed by atoms with E-state index in [2.05, 4.69) is 0 Å². The van der Waals surface area contributed by atoms with Gasteiger partial charge in [-0.15, -0.1) is 0 Å². The summed E-state index contributed by atoms with van der Waals surface area (Å²) in [5, 5.41) is 0. The normalized spacial score (nSPS) is 20.7. The molecule has 0 radical (unpaired) electrons. The van der Waals surface area contributed by atoms with Gasteiger partial charge in [0, 0.05) is 19.3 Å². The van der Waals surface area contributed by atoms with Gasteiger partial charge in [0.1, 0.15) is 11.3 Å². The van der Waals surface area contributed by atoms with Crippen LogP contribution < -0.4 is 4.74 Å². The van der Waals surface area contributed by atoms with Crippen molar-refractivity contribution in [2.45, 2.75) is 104 Å². The number of esters is 4. The highest BCUT2D eigenvalue weighted by Gasteiger charge is 2.49. The molecule has 0 amide bonds. The maximum Gasteiger partial charge on any atom is 0.341 e. The lowest BCUT2D eigenvalue weighted by Gasteiger charge is -2.40. The zero-order valence-corrected chi connectivity index (χ0v) is 22.8. The minimum Gasteiger partial charge on any atom is -0.462 e. The maximum atomic E-state index is 12.7. The topological polar surface area (TPSA) is 124 Å². The number of para-hydroxylation sites is 1. The van der Waals surface area contributed by atoms with Crippen LogP contribution in [0.2, 0.25) is 0 Å². The van der Waals surface area contributed by atoms with Crippen LogP contribution in [-0.4, -0.2) is 61.7 Å². The highest BCUT2D eigenvalue weighted by Crippen LogP contribution is 2.29. The molecular formula is C28H40O10. The molecule has 1 aliphatic rings. The third-order valence-corrected chi connectivity index (χ3v) is 5.64. The van der Waals surface area contributed by atoms with Gasteiger partial charge in [0.2, 0.25) is 12.4 Å². The van der Waals surface area contributed by atoms with E-state index in [0.717, 1.165) is 12.8 Å². The number of hydrogen-bond donors (Lipinski definition) is 0. The summed E-state index contributed by atoms with van der Waals surface area (Å²) in [6, 6.07) is 6.46. The first-order valence-corrected chi connectivity index (χ1v) is 13.5. The van der Waals surface area contributed by atoms with E-state index < -0.39 is 48.5 Å². The molecular weight excluding hydrogens is 496 g/mol. The monoisotopic (exact) mass is 536 g/mol. The van der Waals surface area contributed by atoms with Crippen LogP contribution in [0.15, 0.2) is 24.3 Å². The number of benzene rings is 1. The molecule has 10 heteroatoms. The van der Waals surface area contributed by atoms with Gasteiger partial charge in [-0.25, -0.2) is 4.79 Å². The third kappa shape index (κ3) is 9.63. The van der Waals surface area contributed by atoms with Crippen LogP contribution in [-0.2, 0) is 38.1 Å². The molecule has 4 atom stereocenters. The molecule has 10 nitrogen and oxygen atoms in total. The summed E-state index contributed by atoms with van der Waals surface area (Å²) >= 11 is 0. The zero-order valence-electron chi connectivity index (χ0n) is 22.8. The Hall–Kier alpha value is -3.14. The molecule has 0 saturated carbocycles. The number of unbranched alkanes of at least 4 members (excludes halogenated alkanes) is 1. The molecule has 0 aromatic heterocycles. The smallest absolute Gasteiger partial charge is 0.341 e. The van der Waals surface area contributed by atoms with E-state index in [1.165, 1.54) is 0 Å². The Kier molecular flexibility index (Phi) is 13.6. The quantitative estimate of drug-likeness (QED) is 0.180. The Morgan fingerprint density at radius 1 is 0.789 bits per heavy atom. The molecule has 1 aliphatic heterocycles. The van der Waals surface area contributed by atoms with Crippen molar-refractivity contribution in [2.75, 3.05) is 13.2 Å². The highest BCUT2D eigenvalue weighted by molar-refractivity contribution is 5.92. The lowest BCUT2D eigenvalue weighted by atomic mass is 10.0. The van der Waals surface area contributed by atoms with Crippen molar-refractivity contribution in [3.63, 3.8) is 0 Å². The van der Waals surface area contributed by atoms with E-state index in [1.54, 1.807) is 24.3 Å². The van der Waals surface area contributed by atoms with Crippen molar-refractivity contribution in [2.24, 2.45) is 0 Å². The Morgan fingerprint density at radius 3 is 1.97 bits per heavy atom. The van der Waals surface area contributed by atoms with Gasteiger partial charge in [-0.05, 0) is 37.8 Å². The van der Waals surface area contributed by atoms with Gasteiger partial charge in [0.25, 0.3) is 0 Å². The minimum absolute atomic E-state index is 0.111. The third-order valence-electron chi connectivity index (χ3n) is 5.64. The van der Waals surface area contributed by atoms with Crippen molar-refractivity contribution < 1.29 is 47.6 Å². The number of carbonyl (C=O) groups excluding carboxylic acids is 4. The molecule has 1 aromatic rings. The molecule has 1 fully saturated rings. The Bertz CT molecular complexity index is 915. The SMILES string of the molecule is CCCCOC(=O)c1ccccc1O[C@H]1OC[C@@H](OC(=O)CCC)[C@H](OC(=O)CCC)[C@H]1OC(=O)CCC. The second kappa shape index (κ2) is 16.7. The van der Waals surface area contributed by atoms with E-state index in [0.29, 0.717) is 19.3 Å². The summed E-state index contributed by atoms with van der Waals surface area (Å²) in [7, 11) is 0. The van der Waals surface area contributed by atoms with E-state index >= 15 is 0 Å². The largest absolute Gasteiger partial charge is 0.462 e. The predicted octanol–water partition coefficient (Wildman–Crippen LogP) is 4.51. The van der Waals surface area contributed by atoms with Crippen molar-refractivity contribution >= 4 is 23.9 Å². The van der Waals surface area contributed by atoms with Crippen molar-refractivity contribution in [3.05, 3.63) is 29.8 Å². The van der Waals surface area contributed by atoms with Crippen molar-refractivity contribution in [1.29, 1.82) is 0 Å². The van der Waals surface area contributed by atoms with Crippen LogP contribution in [0.25, 0.3) is 0 Å². The molecule has 1 saturated heterocycles. The fraction of sp³-hybridized carbons (Fsp3) is 0.643. The Labute approximate surface area is 224 Å². The molecule has 0 aliphatic carbocycles. The average molecular weight is 537 g/mol. The van der Waals surface area contributed by atoms with Gasteiger partial charge in [0.15, 0.2) is 12.2 Å². The van der Waals surface area contributed by atoms with Crippen LogP contribution >= 0.6 is 0 Å². The molecule has 212 valence electrons.